The predicted molar refractivity (Wildman–Crippen MR) is 89.3 cm³/mol. The largest absolute Gasteiger partial charge is 0.325 e. The van der Waals surface area contributed by atoms with E-state index in [0.29, 0.717) is 5.41 Å². The molecule has 1 heterocycles. The molecule has 120 valence electrons. The van der Waals surface area contributed by atoms with Gasteiger partial charge in [0.05, 0.1) is 5.69 Å². The number of rotatable bonds is 3. The maximum absolute atomic E-state index is 6.79. The summed E-state index contributed by atoms with van der Waals surface area (Å²) >= 11 is 0. The van der Waals surface area contributed by atoms with Crippen LogP contribution in [-0.2, 0) is 13.0 Å². The third-order valence-corrected chi connectivity index (χ3v) is 5.26. The predicted octanol–water partition coefficient (Wildman–Crippen LogP) is 4.08. The van der Waals surface area contributed by atoms with Crippen LogP contribution in [0.5, 0.6) is 0 Å². The van der Waals surface area contributed by atoms with Gasteiger partial charge < -0.3 is 5.73 Å². The van der Waals surface area contributed by atoms with Gasteiger partial charge in [0.25, 0.3) is 0 Å². The molecule has 2 N–H and O–H groups in total. The van der Waals surface area contributed by atoms with Crippen molar-refractivity contribution in [1.82, 2.24) is 9.78 Å². The van der Waals surface area contributed by atoms with Crippen molar-refractivity contribution in [3.05, 3.63) is 17.5 Å². The lowest BCUT2D eigenvalue weighted by atomic mass is 9.76. The van der Waals surface area contributed by atoms with Crippen LogP contribution < -0.4 is 5.73 Å². The number of hydrogen-bond acceptors (Lipinski definition) is 2. The number of nitrogens with two attached hydrogens (primary N) is 1. The van der Waals surface area contributed by atoms with Crippen molar-refractivity contribution in [3.63, 3.8) is 0 Å². The second kappa shape index (κ2) is 6.12. The summed E-state index contributed by atoms with van der Waals surface area (Å²) in [6.45, 7) is 12.3. The van der Waals surface area contributed by atoms with E-state index in [9.17, 15) is 0 Å². The van der Waals surface area contributed by atoms with Gasteiger partial charge in [0.1, 0.15) is 0 Å². The first-order valence-electron chi connectivity index (χ1n) is 8.56. The number of aryl methyl sites for hydroxylation is 2. The van der Waals surface area contributed by atoms with Gasteiger partial charge >= 0.3 is 0 Å². The van der Waals surface area contributed by atoms with Crippen molar-refractivity contribution < 1.29 is 0 Å². The van der Waals surface area contributed by atoms with E-state index in [0.717, 1.165) is 37.4 Å². The molecular weight excluding hydrogens is 258 g/mol. The van der Waals surface area contributed by atoms with Crippen molar-refractivity contribution in [3.8, 4) is 0 Å². The minimum atomic E-state index is -0.0423. The van der Waals surface area contributed by atoms with E-state index in [1.807, 2.05) is 0 Å². The van der Waals surface area contributed by atoms with Gasteiger partial charge in [0, 0.05) is 24.2 Å². The lowest BCUT2D eigenvalue weighted by molar-refractivity contribution is 0.210. The summed E-state index contributed by atoms with van der Waals surface area (Å²) in [4.78, 5) is 0. The average Bonchev–Trinajstić information content (AvgIpc) is 2.58. The minimum Gasteiger partial charge on any atom is -0.325 e. The van der Waals surface area contributed by atoms with Crippen LogP contribution in [-0.4, -0.2) is 15.3 Å². The molecule has 1 aromatic rings. The molecule has 3 nitrogen and oxygen atoms in total. The third-order valence-electron chi connectivity index (χ3n) is 5.26. The zero-order valence-corrected chi connectivity index (χ0v) is 14.6. The van der Waals surface area contributed by atoms with Gasteiger partial charge in [0.15, 0.2) is 0 Å². The molecule has 1 fully saturated rings. The van der Waals surface area contributed by atoms with Crippen molar-refractivity contribution in [2.45, 2.75) is 85.2 Å². The number of aromatic nitrogens is 2. The Morgan fingerprint density at radius 1 is 1.33 bits per heavy atom. The van der Waals surface area contributed by atoms with Gasteiger partial charge in [-0.3, -0.25) is 4.68 Å². The molecule has 0 spiro atoms. The minimum absolute atomic E-state index is 0.0423. The van der Waals surface area contributed by atoms with E-state index < -0.39 is 0 Å². The van der Waals surface area contributed by atoms with E-state index in [1.165, 1.54) is 25.0 Å². The highest BCUT2D eigenvalue weighted by Gasteiger charge is 2.34. The molecule has 0 aromatic carbocycles. The van der Waals surface area contributed by atoms with E-state index in [1.54, 1.807) is 0 Å². The zero-order chi connectivity index (χ0) is 15.7. The van der Waals surface area contributed by atoms with Crippen molar-refractivity contribution >= 4 is 0 Å². The second-order valence-corrected chi connectivity index (χ2v) is 8.13. The molecule has 1 aliphatic carbocycles. The van der Waals surface area contributed by atoms with Crippen molar-refractivity contribution in [1.29, 1.82) is 0 Å². The van der Waals surface area contributed by atoms with E-state index in [-0.39, 0.29) is 5.54 Å². The molecule has 21 heavy (non-hydrogen) atoms. The smallest absolute Gasteiger partial charge is 0.0596 e. The molecule has 2 rings (SSSR count). The van der Waals surface area contributed by atoms with Crippen LogP contribution in [0.1, 0.15) is 71.2 Å². The molecule has 1 aliphatic rings. The lowest BCUT2D eigenvalue weighted by Gasteiger charge is -2.31. The highest BCUT2D eigenvalue weighted by Crippen LogP contribution is 2.39. The highest BCUT2D eigenvalue weighted by atomic mass is 15.3. The molecule has 0 aliphatic heterocycles. The summed E-state index contributed by atoms with van der Waals surface area (Å²) in [6.07, 6.45) is 7.11. The topological polar surface area (TPSA) is 43.8 Å². The molecule has 0 bridgehead atoms. The fraction of sp³-hybridized carbons (Fsp3) is 0.833. The highest BCUT2D eigenvalue weighted by molar-refractivity contribution is 5.13. The Morgan fingerprint density at radius 3 is 2.67 bits per heavy atom. The van der Waals surface area contributed by atoms with Gasteiger partial charge in [-0.2, -0.15) is 5.10 Å². The fourth-order valence-electron chi connectivity index (χ4n) is 3.85. The van der Waals surface area contributed by atoms with Crippen LogP contribution >= 0.6 is 0 Å². The maximum atomic E-state index is 6.79. The van der Waals surface area contributed by atoms with E-state index in [4.69, 9.17) is 5.73 Å². The zero-order valence-electron chi connectivity index (χ0n) is 14.6. The number of nitrogens with zero attached hydrogens (tertiary/aromatic N) is 2. The Bertz CT molecular complexity index is 469. The Morgan fingerprint density at radius 2 is 2.05 bits per heavy atom. The fourth-order valence-corrected chi connectivity index (χ4v) is 3.85. The van der Waals surface area contributed by atoms with E-state index >= 15 is 0 Å². The average molecular weight is 291 g/mol. The molecule has 3 heteroatoms. The monoisotopic (exact) mass is 291 g/mol. The molecule has 0 saturated heterocycles. The molecule has 2 atom stereocenters. The molecule has 2 unspecified atom stereocenters. The molecular formula is C18H33N3. The summed E-state index contributed by atoms with van der Waals surface area (Å²) in [5.41, 5.74) is 9.58. The van der Waals surface area contributed by atoms with Crippen LogP contribution in [0.2, 0.25) is 0 Å². The Labute approximate surface area is 130 Å². The number of hydrogen-bond donors (Lipinski definition) is 1. The third kappa shape index (κ3) is 4.09. The molecule has 1 aromatic heterocycles. The van der Waals surface area contributed by atoms with Crippen LogP contribution in [0, 0.1) is 18.3 Å². The second-order valence-electron chi connectivity index (χ2n) is 8.13. The van der Waals surface area contributed by atoms with Gasteiger partial charge in [0.2, 0.25) is 0 Å². The molecule has 0 radical (unpaired) electrons. The van der Waals surface area contributed by atoms with Gasteiger partial charge in [-0.25, -0.2) is 0 Å². The maximum Gasteiger partial charge on any atom is 0.0596 e. The standard InChI is InChI=1S/C18H33N3/c1-6-21-16(12-14(2)20-21)13-18(19)10-7-8-15(9-11-18)17(3,4)5/h12,15H,6-11,13,19H2,1-5H3. The van der Waals surface area contributed by atoms with Crippen LogP contribution in [0.15, 0.2) is 6.07 Å². The Balaban J connectivity index is 2.08. The van der Waals surface area contributed by atoms with Crippen molar-refractivity contribution in [2.24, 2.45) is 17.1 Å². The molecule has 0 amide bonds. The van der Waals surface area contributed by atoms with Crippen LogP contribution in [0.3, 0.4) is 0 Å². The van der Waals surface area contributed by atoms with Gasteiger partial charge in [-0.1, -0.05) is 27.2 Å². The van der Waals surface area contributed by atoms with E-state index in [2.05, 4.69) is 50.5 Å². The first-order chi connectivity index (χ1) is 9.73. The Kier molecular flexibility index (Phi) is 4.82. The lowest BCUT2D eigenvalue weighted by Crippen LogP contribution is -2.42. The summed E-state index contributed by atoms with van der Waals surface area (Å²) in [6, 6.07) is 2.21. The summed E-state index contributed by atoms with van der Waals surface area (Å²) < 4.78 is 2.12. The summed E-state index contributed by atoms with van der Waals surface area (Å²) in [7, 11) is 0. The first-order valence-corrected chi connectivity index (χ1v) is 8.56. The first kappa shape index (κ1) is 16.5. The normalized spacial score (nSPS) is 27.6. The Hall–Kier alpha value is -0.830. The van der Waals surface area contributed by atoms with Crippen molar-refractivity contribution in [2.75, 3.05) is 0 Å². The molecule has 1 saturated carbocycles. The van der Waals surface area contributed by atoms with Gasteiger partial charge in [-0.05, 0) is 56.9 Å². The van der Waals surface area contributed by atoms with Crippen LogP contribution in [0.4, 0.5) is 0 Å². The van der Waals surface area contributed by atoms with Gasteiger partial charge in [-0.15, -0.1) is 0 Å². The van der Waals surface area contributed by atoms with Crippen LogP contribution in [0.25, 0.3) is 0 Å². The summed E-state index contributed by atoms with van der Waals surface area (Å²) in [5, 5.41) is 4.56. The quantitative estimate of drug-likeness (QED) is 0.853. The summed E-state index contributed by atoms with van der Waals surface area (Å²) in [5.74, 6) is 0.806. The SMILES string of the molecule is CCn1nc(C)cc1CC1(N)CCCC(C(C)(C)C)CC1.